The molecule has 2 aromatic carbocycles. The van der Waals surface area contributed by atoms with Gasteiger partial charge in [-0.15, -0.1) is 5.10 Å². The number of aryl methyl sites for hydroxylation is 1. The average molecular weight is 529 g/mol. The monoisotopic (exact) mass is 528 g/mol. The lowest BCUT2D eigenvalue weighted by molar-refractivity contribution is -0.144. The van der Waals surface area contributed by atoms with Gasteiger partial charge < -0.3 is 0 Å². The first-order chi connectivity index (χ1) is 17.5. The normalized spacial score (nSPS) is 12.1. The van der Waals surface area contributed by atoms with Crippen LogP contribution in [0.3, 0.4) is 0 Å². The summed E-state index contributed by atoms with van der Waals surface area (Å²) in [5.41, 5.74) is 2.67. The first kappa shape index (κ1) is 24.8. The van der Waals surface area contributed by atoms with Crippen molar-refractivity contribution in [3.8, 4) is 22.8 Å². The van der Waals surface area contributed by atoms with Crippen LogP contribution in [0.4, 0.5) is 17.6 Å². The molecule has 5 aromatic rings. The van der Waals surface area contributed by atoms with E-state index < -0.39 is 12.0 Å². The van der Waals surface area contributed by atoms with Gasteiger partial charge in [-0.3, -0.25) is 9.36 Å². The minimum absolute atomic E-state index is 0.0745. The third kappa shape index (κ3) is 4.64. The number of aromatic nitrogens is 6. The van der Waals surface area contributed by atoms with E-state index in [1.54, 1.807) is 42.6 Å². The van der Waals surface area contributed by atoms with Gasteiger partial charge in [-0.2, -0.15) is 13.2 Å². The zero-order valence-electron chi connectivity index (χ0n) is 19.9. The topological polar surface area (TPSA) is 78.5 Å². The zero-order chi connectivity index (χ0) is 26.5. The molecule has 0 aliphatic carbocycles. The first-order valence-electron chi connectivity index (χ1n) is 11.3. The lowest BCUT2D eigenvalue weighted by atomic mass is 9.96. The van der Waals surface area contributed by atoms with Gasteiger partial charge in [0, 0.05) is 23.7 Å². The van der Waals surface area contributed by atoms with Crippen molar-refractivity contribution in [2.45, 2.75) is 32.5 Å². The van der Waals surface area contributed by atoms with Gasteiger partial charge in [-0.1, -0.05) is 61.6 Å². The van der Waals surface area contributed by atoms with Gasteiger partial charge in [0.2, 0.25) is 0 Å². The van der Waals surface area contributed by atoms with Crippen molar-refractivity contribution in [1.29, 1.82) is 0 Å². The number of benzene rings is 2. The Labute approximate surface area is 212 Å². The van der Waals surface area contributed by atoms with Crippen molar-refractivity contribution < 1.29 is 17.6 Å². The Morgan fingerprint density at radius 3 is 2.43 bits per heavy atom. The van der Waals surface area contributed by atoms with Gasteiger partial charge in [-0.25, -0.2) is 24.0 Å². The van der Waals surface area contributed by atoms with E-state index >= 15 is 0 Å². The van der Waals surface area contributed by atoms with Gasteiger partial charge in [0.05, 0.1) is 17.4 Å². The molecule has 0 aliphatic heterocycles. The molecular weight excluding hydrogens is 508 g/mol. The van der Waals surface area contributed by atoms with Crippen molar-refractivity contribution in [1.82, 2.24) is 29.3 Å². The summed E-state index contributed by atoms with van der Waals surface area (Å²) in [6.45, 7) is 3.95. The Kier molecular flexibility index (Phi) is 6.14. The van der Waals surface area contributed by atoms with Crippen LogP contribution in [0.1, 0.15) is 36.7 Å². The van der Waals surface area contributed by atoms with E-state index in [2.05, 4.69) is 20.1 Å². The fourth-order valence-corrected chi connectivity index (χ4v) is 4.95. The van der Waals surface area contributed by atoms with Gasteiger partial charge in [0.15, 0.2) is 17.3 Å². The Bertz CT molecular complexity index is 1670. The zero-order valence-corrected chi connectivity index (χ0v) is 20.7. The molecule has 3 aromatic heterocycles. The minimum atomic E-state index is -4.64. The molecule has 3 heterocycles. The molecule has 7 nitrogen and oxygen atoms in total. The molecule has 0 radical (unpaired) electrons. The van der Waals surface area contributed by atoms with Gasteiger partial charge in [0.1, 0.15) is 5.82 Å². The number of nitrogens with zero attached hydrogens (tertiary/aromatic N) is 6. The largest absolute Gasteiger partial charge is 0.453 e. The number of rotatable bonds is 5. The van der Waals surface area contributed by atoms with E-state index in [1.165, 1.54) is 17.7 Å². The highest BCUT2D eigenvalue weighted by atomic mass is 32.1. The SMILES string of the molecule is CC(C)c1c(F)cccc1-c1ncc2sc(=O)n(Cc3ccc(-c4nc(C(F)(F)F)nn4C)cc3)c2n1. The summed E-state index contributed by atoms with van der Waals surface area (Å²) < 4.78 is 56.6. The van der Waals surface area contributed by atoms with Crippen LogP contribution in [0, 0.1) is 5.82 Å². The van der Waals surface area contributed by atoms with Crippen molar-refractivity contribution in [3.63, 3.8) is 0 Å². The number of thiazole rings is 1. The summed E-state index contributed by atoms with van der Waals surface area (Å²) in [4.78, 5) is 25.1. The second-order valence-electron chi connectivity index (χ2n) is 8.77. The maximum absolute atomic E-state index is 14.5. The van der Waals surface area contributed by atoms with Crippen LogP contribution in [0.2, 0.25) is 0 Å². The van der Waals surface area contributed by atoms with Crippen LogP contribution >= 0.6 is 11.3 Å². The van der Waals surface area contributed by atoms with Gasteiger partial charge in [0.25, 0.3) is 5.82 Å². The Hall–Kier alpha value is -3.93. The van der Waals surface area contributed by atoms with E-state index in [4.69, 9.17) is 0 Å². The number of halogens is 4. The Morgan fingerprint density at radius 1 is 1.05 bits per heavy atom. The molecule has 0 bridgehead atoms. The molecule has 0 spiro atoms. The Balaban J connectivity index is 1.49. The van der Waals surface area contributed by atoms with E-state index in [9.17, 15) is 22.4 Å². The smallest absolute Gasteiger partial charge is 0.278 e. The first-order valence-corrected chi connectivity index (χ1v) is 12.1. The van der Waals surface area contributed by atoms with Crippen molar-refractivity contribution >= 4 is 21.7 Å². The highest BCUT2D eigenvalue weighted by Crippen LogP contribution is 2.31. The fourth-order valence-electron chi connectivity index (χ4n) is 4.15. The minimum Gasteiger partial charge on any atom is -0.278 e. The molecule has 0 amide bonds. The highest BCUT2D eigenvalue weighted by Gasteiger charge is 2.36. The molecule has 0 atom stereocenters. The third-order valence-corrected chi connectivity index (χ3v) is 6.75. The number of hydrogen-bond acceptors (Lipinski definition) is 6. The highest BCUT2D eigenvalue weighted by molar-refractivity contribution is 7.16. The van der Waals surface area contributed by atoms with Gasteiger partial charge in [-0.05, 0) is 17.5 Å². The summed E-state index contributed by atoms with van der Waals surface area (Å²) >= 11 is 1.00. The second-order valence-corrected chi connectivity index (χ2v) is 9.76. The molecule has 0 N–H and O–H groups in total. The summed E-state index contributed by atoms with van der Waals surface area (Å²) in [6, 6.07) is 11.4. The van der Waals surface area contributed by atoms with Crippen LogP contribution in [-0.4, -0.2) is 29.3 Å². The average Bonchev–Trinajstić information content (AvgIpc) is 3.38. The number of hydrogen-bond donors (Lipinski definition) is 0. The summed E-state index contributed by atoms with van der Waals surface area (Å²) in [6.07, 6.45) is -3.08. The molecule has 12 heteroatoms. The number of alkyl halides is 3. The molecule has 0 aliphatic rings. The molecule has 190 valence electrons. The van der Waals surface area contributed by atoms with Crippen LogP contribution in [0.25, 0.3) is 33.1 Å². The predicted octanol–water partition coefficient (Wildman–Crippen LogP) is 5.65. The molecule has 37 heavy (non-hydrogen) atoms. The van der Waals surface area contributed by atoms with Crippen molar-refractivity contribution in [2.24, 2.45) is 7.05 Å². The molecule has 0 saturated carbocycles. The lowest BCUT2D eigenvalue weighted by Gasteiger charge is -2.13. The molecular formula is C25H20F4N6OS. The van der Waals surface area contributed by atoms with Crippen molar-refractivity contribution in [3.05, 3.63) is 81.1 Å². The summed E-state index contributed by atoms with van der Waals surface area (Å²) in [5, 5.41) is 3.44. The van der Waals surface area contributed by atoms with E-state index in [0.717, 1.165) is 21.6 Å². The third-order valence-electron chi connectivity index (χ3n) is 5.85. The van der Waals surface area contributed by atoms with Crippen LogP contribution < -0.4 is 4.87 Å². The summed E-state index contributed by atoms with van der Waals surface area (Å²) in [7, 11) is 1.39. The Morgan fingerprint density at radius 2 is 1.78 bits per heavy atom. The second kappa shape index (κ2) is 9.18. The van der Waals surface area contributed by atoms with E-state index in [-0.39, 0.29) is 29.0 Å². The van der Waals surface area contributed by atoms with Gasteiger partial charge >= 0.3 is 11.0 Å². The molecule has 0 saturated heterocycles. The number of fused-ring (bicyclic) bond motifs is 1. The predicted molar refractivity (Wildman–Crippen MR) is 132 cm³/mol. The van der Waals surface area contributed by atoms with Crippen LogP contribution in [0.15, 0.2) is 53.5 Å². The maximum atomic E-state index is 14.5. The fraction of sp³-hybridized carbons (Fsp3) is 0.240. The molecule has 0 fully saturated rings. The van der Waals surface area contributed by atoms with E-state index in [1.807, 2.05) is 13.8 Å². The molecule has 5 rings (SSSR count). The lowest BCUT2D eigenvalue weighted by Crippen LogP contribution is -2.14. The quantitative estimate of drug-likeness (QED) is 0.276. The van der Waals surface area contributed by atoms with Crippen molar-refractivity contribution in [2.75, 3.05) is 0 Å². The van der Waals surface area contributed by atoms with Crippen LogP contribution in [-0.2, 0) is 19.8 Å². The van der Waals surface area contributed by atoms with E-state index in [0.29, 0.717) is 32.9 Å². The van der Waals surface area contributed by atoms with Crippen LogP contribution in [0.5, 0.6) is 0 Å². The maximum Gasteiger partial charge on any atom is 0.453 e. The summed E-state index contributed by atoms with van der Waals surface area (Å²) in [5.74, 6) is -1.25. The standard InChI is InChI=1S/C25H20F4N6OS/c1-13(2)19-16(5-4-6-17(19)26)20-30-11-18-22(31-20)35(24(36)37-18)12-14-7-9-15(10-8-14)21-32-23(25(27,28)29)33-34(21)3/h4-11,13H,12H2,1-3H3. The molecule has 0 unspecified atom stereocenters.